The highest BCUT2D eigenvalue weighted by atomic mass is 16.5. The Morgan fingerprint density at radius 2 is 1.86 bits per heavy atom. The fourth-order valence-electron chi connectivity index (χ4n) is 2.53. The van der Waals surface area contributed by atoms with Gasteiger partial charge in [0.15, 0.2) is 11.9 Å². The lowest BCUT2D eigenvalue weighted by atomic mass is 10.1. The number of amides is 1. The van der Waals surface area contributed by atoms with Crippen LogP contribution in [0.15, 0.2) is 53.1 Å². The minimum Gasteiger partial charge on any atom is -0.492 e. The number of ether oxygens (including phenoxy) is 2. The topological polar surface area (TPSA) is 104 Å². The van der Waals surface area contributed by atoms with Crippen LogP contribution in [0.1, 0.15) is 30.0 Å². The Kier molecular flexibility index (Phi) is 6.23. The van der Waals surface area contributed by atoms with Gasteiger partial charge in [0, 0.05) is 5.56 Å². The molecule has 0 fully saturated rings. The van der Waals surface area contributed by atoms with Gasteiger partial charge in [0.25, 0.3) is 11.8 Å². The summed E-state index contributed by atoms with van der Waals surface area (Å²) in [6, 6.07) is 13.6. The van der Waals surface area contributed by atoms with Gasteiger partial charge in [-0.2, -0.15) is 4.98 Å². The molecule has 2 aromatic carbocycles. The second-order valence-corrected chi connectivity index (χ2v) is 6.19. The Bertz CT molecular complexity index is 998. The van der Waals surface area contributed by atoms with Gasteiger partial charge in [-0.15, -0.1) is 0 Å². The third kappa shape index (κ3) is 4.98. The molecule has 0 saturated carbocycles. The van der Waals surface area contributed by atoms with Crippen LogP contribution in [-0.2, 0) is 9.53 Å². The highest BCUT2D eigenvalue weighted by Crippen LogP contribution is 2.24. The molecular formula is C21H21N3O5. The Morgan fingerprint density at radius 3 is 2.52 bits per heavy atom. The first kappa shape index (κ1) is 20.1. The average molecular weight is 395 g/mol. The van der Waals surface area contributed by atoms with Gasteiger partial charge < -0.3 is 19.3 Å². The first-order valence-corrected chi connectivity index (χ1v) is 9.12. The maximum absolute atomic E-state index is 12.4. The molecule has 0 aliphatic heterocycles. The van der Waals surface area contributed by atoms with Gasteiger partial charge in [-0.3, -0.25) is 4.79 Å². The number of nitrogens with one attached hydrogen (secondary N) is 1. The van der Waals surface area contributed by atoms with Gasteiger partial charge in [-0.25, -0.2) is 4.79 Å². The van der Waals surface area contributed by atoms with Gasteiger partial charge in [0.1, 0.15) is 5.75 Å². The van der Waals surface area contributed by atoms with E-state index in [1.165, 1.54) is 6.92 Å². The van der Waals surface area contributed by atoms with E-state index >= 15 is 0 Å². The number of carbonyl (C=O) groups is 2. The number of rotatable bonds is 7. The fraction of sp³-hybridized carbons (Fsp3) is 0.238. The molecule has 0 aliphatic carbocycles. The van der Waals surface area contributed by atoms with Crippen molar-refractivity contribution in [3.8, 4) is 17.2 Å². The molecule has 150 valence electrons. The van der Waals surface area contributed by atoms with Crippen LogP contribution >= 0.6 is 0 Å². The largest absolute Gasteiger partial charge is 0.492 e. The van der Waals surface area contributed by atoms with Crippen LogP contribution in [0.3, 0.4) is 0 Å². The maximum Gasteiger partial charge on any atom is 0.338 e. The maximum atomic E-state index is 12.4. The van der Waals surface area contributed by atoms with Gasteiger partial charge in [0.05, 0.1) is 17.9 Å². The number of hydrogen-bond donors (Lipinski definition) is 1. The number of benzene rings is 2. The van der Waals surface area contributed by atoms with E-state index in [2.05, 4.69) is 15.5 Å². The minimum atomic E-state index is -0.990. The molecule has 3 aromatic rings. The summed E-state index contributed by atoms with van der Waals surface area (Å²) in [5.74, 6) is 0.369. The summed E-state index contributed by atoms with van der Waals surface area (Å²) in [5, 5.41) is 6.45. The number of aryl methyl sites for hydroxylation is 1. The van der Waals surface area contributed by atoms with Crippen LogP contribution in [0.4, 0.5) is 5.69 Å². The average Bonchev–Trinajstić information content (AvgIpc) is 3.16. The lowest BCUT2D eigenvalue weighted by Crippen LogP contribution is -2.30. The van der Waals surface area contributed by atoms with Gasteiger partial charge in [-0.1, -0.05) is 17.3 Å². The number of carbonyl (C=O) groups excluding carboxylic acids is 2. The van der Waals surface area contributed by atoms with Crippen molar-refractivity contribution in [2.45, 2.75) is 26.9 Å². The van der Waals surface area contributed by atoms with E-state index in [-0.39, 0.29) is 0 Å². The zero-order chi connectivity index (χ0) is 20.8. The molecule has 0 saturated heterocycles. The molecule has 1 atom stereocenters. The van der Waals surface area contributed by atoms with Crippen LogP contribution in [0, 0.1) is 6.92 Å². The molecule has 3 rings (SSSR count). The summed E-state index contributed by atoms with van der Waals surface area (Å²) in [6.07, 6.45) is -0.990. The first-order valence-electron chi connectivity index (χ1n) is 9.12. The lowest BCUT2D eigenvalue weighted by Gasteiger charge is -2.15. The van der Waals surface area contributed by atoms with E-state index in [9.17, 15) is 9.59 Å². The number of aromatic nitrogens is 2. The second kappa shape index (κ2) is 9.01. The van der Waals surface area contributed by atoms with E-state index in [1.807, 2.05) is 13.0 Å². The van der Waals surface area contributed by atoms with Crippen molar-refractivity contribution < 1.29 is 23.6 Å². The molecule has 29 heavy (non-hydrogen) atoms. The predicted octanol–water partition coefficient (Wildman–Crippen LogP) is 3.63. The number of hydrogen-bond acceptors (Lipinski definition) is 7. The van der Waals surface area contributed by atoms with E-state index in [0.717, 1.165) is 0 Å². The number of nitrogens with zero attached hydrogens (tertiary/aromatic N) is 2. The molecule has 1 unspecified atom stereocenters. The van der Waals surface area contributed by atoms with Crippen molar-refractivity contribution in [2.75, 3.05) is 11.9 Å². The Labute approximate surface area is 167 Å². The van der Waals surface area contributed by atoms with E-state index in [0.29, 0.717) is 40.9 Å². The highest BCUT2D eigenvalue weighted by Gasteiger charge is 2.20. The van der Waals surface area contributed by atoms with Gasteiger partial charge in [-0.05, 0) is 57.2 Å². The predicted molar refractivity (Wildman–Crippen MR) is 106 cm³/mol. The Balaban J connectivity index is 1.62. The van der Waals surface area contributed by atoms with Crippen LogP contribution in [0.5, 0.6) is 5.75 Å². The minimum absolute atomic E-state index is 0.305. The smallest absolute Gasteiger partial charge is 0.338 e. The van der Waals surface area contributed by atoms with E-state index < -0.39 is 18.0 Å². The summed E-state index contributed by atoms with van der Waals surface area (Å²) in [6.45, 7) is 5.55. The summed E-state index contributed by atoms with van der Waals surface area (Å²) in [5.41, 5.74) is 1.50. The number of anilines is 1. The van der Waals surface area contributed by atoms with Crippen molar-refractivity contribution in [2.24, 2.45) is 0 Å². The quantitative estimate of drug-likeness (QED) is 0.609. The Hall–Kier alpha value is -3.68. The van der Waals surface area contributed by atoms with Crippen LogP contribution in [0.25, 0.3) is 11.5 Å². The third-order valence-electron chi connectivity index (χ3n) is 3.99. The number of para-hydroxylation sites is 2. The van der Waals surface area contributed by atoms with Crippen molar-refractivity contribution >= 4 is 17.6 Å². The molecule has 0 radical (unpaired) electrons. The molecule has 0 aliphatic rings. The van der Waals surface area contributed by atoms with Crippen LogP contribution in [-0.4, -0.2) is 34.7 Å². The lowest BCUT2D eigenvalue weighted by molar-refractivity contribution is -0.123. The number of esters is 1. The molecule has 1 amide bonds. The normalized spacial score (nSPS) is 11.6. The summed E-state index contributed by atoms with van der Waals surface area (Å²) in [4.78, 5) is 28.9. The SMILES string of the molecule is CCOc1ccccc1NC(=O)C(C)OC(=O)c1ccc(-c2nc(C)no2)cc1. The summed E-state index contributed by atoms with van der Waals surface area (Å²) < 4.78 is 15.8. The molecule has 8 heteroatoms. The van der Waals surface area contributed by atoms with Crippen molar-refractivity contribution in [1.29, 1.82) is 0 Å². The second-order valence-electron chi connectivity index (χ2n) is 6.19. The highest BCUT2D eigenvalue weighted by molar-refractivity contribution is 5.98. The molecule has 0 spiro atoms. The fourth-order valence-corrected chi connectivity index (χ4v) is 2.53. The molecule has 8 nitrogen and oxygen atoms in total. The van der Waals surface area contributed by atoms with Crippen LogP contribution in [0.2, 0.25) is 0 Å². The Morgan fingerprint density at radius 1 is 1.14 bits per heavy atom. The molecule has 0 bridgehead atoms. The van der Waals surface area contributed by atoms with Crippen molar-refractivity contribution in [1.82, 2.24) is 10.1 Å². The standard InChI is InChI=1S/C21H21N3O5/c1-4-27-18-8-6-5-7-17(18)23-19(25)13(2)28-21(26)16-11-9-15(10-12-16)20-22-14(3)24-29-20/h5-13H,4H2,1-3H3,(H,23,25). The molecule has 1 aromatic heterocycles. The summed E-state index contributed by atoms with van der Waals surface area (Å²) >= 11 is 0. The molecule has 1 heterocycles. The third-order valence-corrected chi connectivity index (χ3v) is 3.99. The van der Waals surface area contributed by atoms with Crippen LogP contribution < -0.4 is 10.1 Å². The zero-order valence-electron chi connectivity index (χ0n) is 16.3. The monoisotopic (exact) mass is 395 g/mol. The van der Waals surface area contributed by atoms with E-state index in [1.54, 1.807) is 49.4 Å². The van der Waals surface area contributed by atoms with Gasteiger partial charge >= 0.3 is 5.97 Å². The summed E-state index contributed by atoms with van der Waals surface area (Å²) in [7, 11) is 0. The van der Waals surface area contributed by atoms with Crippen molar-refractivity contribution in [3.63, 3.8) is 0 Å². The van der Waals surface area contributed by atoms with Gasteiger partial charge in [0.2, 0.25) is 0 Å². The molecular weight excluding hydrogens is 374 g/mol. The molecule has 1 N–H and O–H groups in total. The first-order chi connectivity index (χ1) is 14.0. The zero-order valence-corrected chi connectivity index (χ0v) is 16.3. The van der Waals surface area contributed by atoms with Crippen molar-refractivity contribution in [3.05, 3.63) is 59.9 Å². The van der Waals surface area contributed by atoms with E-state index in [4.69, 9.17) is 14.0 Å².